The number of aryl methyl sites for hydroxylation is 3. The number of carbonyl (C=O) groups is 2. The van der Waals surface area contributed by atoms with Crippen LogP contribution in [-0.2, 0) is 16.6 Å². The lowest BCUT2D eigenvalue weighted by Gasteiger charge is -2.18. The van der Waals surface area contributed by atoms with E-state index in [4.69, 9.17) is 0 Å². The summed E-state index contributed by atoms with van der Waals surface area (Å²) in [4.78, 5) is 32.2. The first-order valence-corrected chi connectivity index (χ1v) is 12.4. The summed E-state index contributed by atoms with van der Waals surface area (Å²) in [6.07, 6.45) is 1.79. The molecule has 180 valence electrons. The minimum absolute atomic E-state index is 0.106. The second kappa shape index (κ2) is 10.3. The van der Waals surface area contributed by atoms with Gasteiger partial charge < -0.3 is 5.32 Å². The Kier molecular flexibility index (Phi) is 7.21. The number of aromatic nitrogens is 2. The molecule has 8 heteroatoms. The summed E-state index contributed by atoms with van der Waals surface area (Å²) in [7, 11) is 1.78. The highest BCUT2D eigenvalue weighted by Crippen LogP contribution is 2.30. The van der Waals surface area contributed by atoms with Gasteiger partial charge in [-0.2, -0.15) is 5.10 Å². The van der Waals surface area contributed by atoms with Crippen molar-refractivity contribution in [1.82, 2.24) is 9.78 Å². The average Bonchev–Trinajstić information content (AvgIpc) is 3.30. The minimum Gasteiger partial charge on any atom is -0.310 e. The van der Waals surface area contributed by atoms with Crippen LogP contribution >= 0.6 is 11.8 Å². The number of benzene rings is 2. The van der Waals surface area contributed by atoms with Crippen molar-refractivity contribution in [2.75, 3.05) is 16.0 Å². The fraction of sp³-hybridized carbons (Fsp3) is 0.259. The maximum atomic E-state index is 13.4. The molecule has 0 aliphatic carbocycles. The average molecular weight is 488 g/mol. The number of anilines is 2. The molecule has 1 N–H and O–H groups in total. The summed E-state index contributed by atoms with van der Waals surface area (Å²) in [5.41, 5.74) is 5.11. The molecule has 0 bridgehead atoms. The number of thioether (sulfide) groups is 1. The number of amidine groups is 1. The van der Waals surface area contributed by atoms with Crippen molar-refractivity contribution in [1.29, 1.82) is 0 Å². The van der Waals surface area contributed by atoms with Gasteiger partial charge in [0.2, 0.25) is 5.91 Å². The molecule has 0 radical (unpaired) electrons. The molecular formula is C27H29N5O2S. The molecule has 0 fully saturated rings. The molecule has 0 atom stereocenters. The van der Waals surface area contributed by atoms with Crippen LogP contribution in [0.15, 0.2) is 65.3 Å². The zero-order chi connectivity index (χ0) is 25.1. The Morgan fingerprint density at radius 1 is 1.09 bits per heavy atom. The smallest absolute Gasteiger partial charge is 0.283 e. The lowest BCUT2D eigenvalue weighted by molar-refractivity contribution is -0.114. The topological polar surface area (TPSA) is 79.6 Å². The Balaban J connectivity index is 1.57. The summed E-state index contributed by atoms with van der Waals surface area (Å²) in [5.74, 6) is 0.753. The largest absolute Gasteiger partial charge is 0.310 e. The lowest BCUT2D eigenvalue weighted by atomic mass is 10.0. The van der Waals surface area contributed by atoms with Crippen LogP contribution < -0.4 is 10.2 Å². The third kappa shape index (κ3) is 5.71. The molecular weight excluding hydrogens is 458 g/mol. The first-order chi connectivity index (χ1) is 16.7. The van der Waals surface area contributed by atoms with E-state index >= 15 is 0 Å². The van der Waals surface area contributed by atoms with Crippen LogP contribution in [0.5, 0.6) is 0 Å². The number of amides is 2. The summed E-state index contributed by atoms with van der Waals surface area (Å²) in [5, 5.41) is 7.58. The van der Waals surface area contributed by atoms with Crippen molar-refractivity contribution in [2.45, 2.75) is 33.6 Å². The monoisotopic (exact) mass is 487 g/mol. The number of nitrogens with one attached hydrogen (secondary N) is 1. The van der Waals surface area contributed by atoms with Gasteiger partial charge >= 0.3 is 0 Å². The second-order valence-corrected chi connectivity index (χ2v) is 9.80. The molecule has 3 aromatic rings. The molecule has 7 nitrogen and oxygen atoms in total. The first-order valence-electron chi connectivity index (χ1n) is 11.5. The quantitative estimate of drug-likeness (QED) is 0.480. The van der Waals surface area contributed by atoms with E-state index in [0.717, 1.165) is 16.8 Å². The maximum Gasteiger partial charge on any atom is 0.283 e. The van der Waals surface area contributed by atoms with Gasteiger partial charge in [-0.05, 0) is 49.1 Å². The third-order valence-corrected chi connectivity index (χ3v) is 6.57. The maximum absolute atomic E-state index is 13.4. The lowest BCUT2D eigenvalue weighted by Crippen LogP contribution is -2.31. The molecule has 35 heavy (non-hydrogen) atoms. The number of aliphatic imine (C=N–C) groups is 1. The van der Waals surface area contributed by atoms with Gasteiger partial charge in [-0.1, -0.05) is 67.6 Å². The van der Waals surface area contributed by atoms with Crippen molar-refractivity contribution in [3.63, 3.8) is 0 Å². The van der Waals surface area contributed by atoms with Crippen LogP contribution in [0, 0.1) is 13.8 Å². The molecule has 0 unspecified atom stereocenters. The fourth-order valence-corrected chi connectivity index (χ4v) is 4.50. The van der Waals surface area contributed by atoms with Gasteiger partial charge in [0.15, 0.2) is 5.17 Å². The van der Waals surface area contributed by atoms with E-state index in [1.807, 2.05) is 56.3 Å². The Morgan fingerprint density at radius 2 is 1.77 bits per heavy atom. The van der Waals surface area contributed by atoms with Crippen molar-refractivity contribution >= 4 is 46.3 Å². The number of hydrogen-bond donors (Lipinski definition) is 1. The standard InChI is InChI=1S/C27H29N5O2S/c1-17(2)21-10-8-20(9-11-21)15-23-26(34)32(22-12-6-18(3)7-13-22)27(28-23)35-16-25(33)29-24-14-19(4)30-31(24)5/h6-15,17H,16H2,1-5H3,(H,29,33)/b23-15-. The highest BCUT2D eigenvalue weighted by atomic mass is 32.2. The van der Waals surface area contributed by atoms with Crippen LogP contribution in [0.4, 0.5) is 11.5 Å². The van der Waals surface area contributed by atoms with E-state index in [-0.39, 0.29) is 17.6 Å². The van der Waals surface area contributed by atoms with Crippen molar-refractivity contribution in [3.8, 4) is 0 Å². The molecule has 0 spiro atoms. The predicted molar refractivity (Wildman–Crippen MR) is 144 cm³/mol. The summed E-state index contributed by atoms with van der Waals surface area (Å²) >= 11 is 1.23. The Hall–Kier alpha value is -3.65. The van der Waals surface area contributed by atoms with Gasteiger partial charge in [0.1, 0.15) is 11.5 Å². The molecule has 1 aliphatic heterocycles. The highest BCUT2D eigenvalue weighted by molar-refractivity contribution is 8.14. The van der Waals surface area contributed by atoms with Gasteiger partial charge in [-0.3, -0.25) is 19.2 Å². The summed E-state index contributed by atoms with van der Waals surface area (Å²) < 4.78 is 1.62. The van der Waals surface area contributed by atoms with E-state index in [1.165, 1.54) is 17.3 Å². The second-order valence-electron chi connectivity index (χ2n) is 8.85. The van der Waals surface area contributed by atoms with E-state index < -0.39 is 0 Å². The van der Waals surface area contributed by atoms with E-state index in [2.05, 4.69) is 41.4 Å². The molecule has 0 saturated heterocycles. The van der Waals surface area contributed by atoms with Gasteiger partial charge in [-0.15, -0.1) is 0 Å². The SMILES string of the molecule is Cc1ccc(N2C(=O)/C(=C/c3ccc(C(C)C)cc3)N=C2SCC(=O)Nc2cc(C)nn2C)cc1. The van der Waals surface area contributed by atoms with Crippen molar-refractivity contribution < 1.29 is 9.59 Å². The Labute approximate surface area is 209 Å². The van der Waals surface area contributed by atoms with Crippen LogP contribution in [0.2, 0.25) is 0 Å². The molecule has 4 rings (SSSR count). The predicted octanol–water partition coefficient (Wildman–Crippen LogP) is 5.28. The number of rotatable bonds is 6. The number of nitrogens with zero attached hydrogens (tertiary/aromatic N) is 4. The van der Waals surface area contributed by atoms with Gasteiger partial charge in [-0.25, -0.2) is 4.99 Å². The van der Waals surface area contributed by atoms with Crippen molar-refractivity contribution in [3.05, 3.63) is 82.7 Å². The molecule has 2 aromatic carbocycles. The normalized spacial score (nSPS) is 14.7. The highest BCUT2D eigenvalue weighted by Gasteiger charge is 2.32. The van der Waals surface area contributed by atoms with Gasteiger partial charge in [0.25, 0.3) is 5.91 Å². The zero-order valence-corrected chi connectivity index (χ0v) is 21.4. The van der Waals surface area contributed by atoms with Crippen molar-refractivity contribution in [2.24, 2.45) is 12.0 Å². The molecule has 0 saturated carbocycles. The van der Waals surface area contributed by atoms with Crippen LogP contribution in [-0.4, -0.2) is 32.5 Å². The van der Waals surface area contributed by atoms with Crippen LogP contribution in [0.1, 0.15) is 42.1 Å². The first kappa shape index (κ1) is 24.5. The van der Waals surface area contributed by atoms with E-state index in [9.17, 15) is 9.59 Å². The summed E-state index contributed by atoms with van der Waals surface area (Å²) in [6.45, 7) is 8.16. The fourth-order valence-electron chi connectivity index (χ4n) is 3.69. The Morgan fingerprint density at radius 3 is 2.37 bits per heavy atom. The number of carbonyl (C=O) groups excluding carboxylic acids is 2. The van der Waals surface area contributed by atoms with Gasteiger partial charge in [0.05, 0.1) is 17.1 Å². The molecule has 1 aromatic heterocycles. The third-order valence-electron chi connectivity index (χ3n) is 5.63. The number of hydrogen-bond acceptors (Lipinski definition) is 5. The van der Waals surface area contributed by atoms with E-state index in [1.54, 1.807) is 22.7 Å². The summed E-state index contributed by atoms with van der Waals surface area (Å²) in [6, 6.07) is 17.6. The van der Waals surface area contributed by atoms with E-state index in [0.29, 0.717) is 28.3 Å². The zero-order valence-electron chi connectivity index (χ0n) is 20.6. The minimum atomic E-state index is -0.216. The molecule has 2 amide bonds. The van der Waals surface area contributed by atoms with Crippen LogP contribution in [0.3, 0.4) is 0 Å². The van der Waals surface area contributed by atoms with Gasteiger partial charge in [0, 0.05) is 13.1 Å². The molecule has 2 heterocycles. The Bertz CT molecular complexity index is 1300. The molecule has 1 aliphatic rings. The van der Waals surface area contributed by atoms with Crippen LogP contribution in [0.25, 0.3) is 6.08 Å².